The number of nitrogens with one attached hydrogen (secondary N) is 1. The third-order valence-corrected chi connectivity index (χ3v) is 4.91. The maximum Gasteiger partial charge on any atom is 0.338 e. The molecule has 0 heterocycles. The molecule has 2 aromatic rings. The van der Waals surface area contributed by atoms with Gasteiger partial charge in [-0.25, -0.2) is 4.79 Å². The van der Waals surface area contributed by atoms with Crippen LogP contribution in [-0.2, 0) is 20.9 Å². The van der Waals surface area contributed by atoms with Gasteiger partial charge in [-0.05, 0) is 42.7 Å². The summed E-state index contributed by atoms with van der Waals surface area (Å²) in [6.45, 7) is -0.0960. The largest absolute Gasteiger partial charge is 0.489 e. The molecule has 1 saturated carbocycles. The molecular weight excluding hydrogens is 370 g/mol. The van der Waals surface area contributed by atoms with Crippen LogP contribution in [0.3, 0.4) is 0 Å². The zero-order chi connectivity index (χ0) is 20.5. The molecule has 1 aliphatic rings. The molecule has 1 aliphatic carbocycles. The average Bonchev–Trinajstić information content (AvgIpc) is 2.77. The lowest BCUT2D eigenvalue weighted by Crippen LogP contribution is -2.38. The van der Waals surface area contributed by atoms with E-state index in [0.29, 0.717) is 12.2 Å². The molecule has 0 aliphatic heterocycles. The number of para-hydroxylation sites is 1. The Labute approximate surface area is 170 Å². The highest BCUT2D eigenvalue weighted by Gasteiger charge is 2.23. The number of hydrogen-bond donors (Lipinski definition) is 1. The van der Waals surface area contributed by atoms with Crippen molar-refractivity contribution in [2.45, 2.75) is 38.7 Å². The highest BCUT2D eigenvalue weighted by molar-refractivity contribution is 5.98. The molecule has 3 rings (SSSR count). The third kappa shape index (κ3) is 6.45. The normalized spacial score (nSPS) is 14.1. The van der Waals surface area contributed by atoms with Crippen LogP contribution in [0.15, 0.2) is 54.6 Å². The van der Waals surface area contributed by atoms with Gasteiger partial charge >= 0.3 is 5.97 Å². The maximum absolute atomic E-state index is 12.1. The van der Waals surface area contributed by atoms with Crippen LogP contribution in [0, 0.1) is 5.92 Å². The predicted molar refractivity (Wildman–Crippen MR) is 107 cm³/mol. The fourth-order valence-electron chi connectivity index (χ4n) is 3.28. The van der Waals surface area contributed by atoms with Crippen LogP contribution in [0.25, 0.3) is 0 Å². The molecule has 1 fully saturated rings. The van der Waals surface area contributed by atoms with Gasteiger partial charge in [-0.15, -0.1) is 0 Å². The van der Waals surface area contributed by atoms with Gasteiger partial charge in [-0.2, -0.15) is 0 Å². The van der Waals surface area contributed by atoms with Crippen molar-refractivity contribution in [3.05, 3.63) is 65.7 Å². The minimum Gasteiger partial charge on any atom is -0.489 e. The van der Waals surface area contributed by atoms with Crippen molar-refractivity contribution < 1.29 is 23.9 Å². The summed E-state index contributed by atoms with van der Waals surface area (Å²) in [5, 5.41) is 2.33. The molecule has 0 unspecified atom stereocenters. The topological polar surface area (TPSA) is 81.7 Å². The van der Waals surface area contributed by atoms with Crippen LogP contribution in [-0.4, -0.2) is 24.4 Å². The first kappa shape index (κ1) is 20.6. The fraction of sp³-hybridized carbons (Fsp3) is 0.348. The monoisotopic (exact) mass is 395 g/mol. The smallest absolute Gasteiger partial charge is 0.338 e. The molecule has 2 amide bonds. The van der Waals surface area contributed by atoms with Gasteiger partial charge in [0.1, 0.15) is 12.4 Å². The van der Waals surface area contributed by atoms with Crippen LogP contribution in [0.4, 0.5) is 0 Å². The minimum atomic E-state index is -0.610. The van der Waals surface area contributed by atoms with Crippen molar-refractivity contribution >= 4 is 17.8 Å². The van der Waals surface area contributed by atoms with Crippen LogP contribution >= 0.6 is 0 Å². The Balaban J connectivity index is 1.41. The van der Waals surface area contributed by atoms with Crippen LogP contribution in [0.5, 0.6) is 5.75 Å². The molecular formula is C23H25NO5. The minimum absolute atomic E-state index is 0.117. The molecule has 0 radical (unpaired) electrons. The molecule has 0 spiro atoms. The molecule has 2 aromatic carbocycles. The van der Waals surface area contributed by atoms with Gasteiger partial charge in [0.15, 0.2) is 6.61 Å². The summed E-state index contributed by atoms with van der Waals surface area (Å²) in [6, 6.07) is 16.2. The van der Waals surface area contributed by atoms with Gasteiger partial charge < -0.3 is 9.47 Å². The summed E-state index contributed by atoms with van der Waals surface area (Å²) >= 11 is 0. The SMILES string of the molecule is O=C(COC(=O)c1ccc(COc2ccccc2)cc1)NC(=O)C1CCCCC1. The Bertz CT molecular complexity index is 826. The molecule has 152 valence electrons. The Morgan fingerprint density at radius 3 is 2.28 bits per heavy atom. The third-order valence-electron chi connectivity index (χ3n) is 4.91. The zero-order valence-corrected chi connectivity index (χ0v) is 16.3. The van der Waals surface area contributed by atoms with Crippen molar-refractivity contribution in [2.24, 2.45) is 5.92 Å². The first-order chi connectivity index (χ1) is 14.1. The van der Waals surface area contributed by atoms with E-state index >= 15 is 0 Å². The highest BCUT2D eigenvalue weighted by Crippen LogP contribution is 2.23. The maximum atomic E-state index is 12.1. The quantitative estimate of drug-likeness (QED) is 0.724. The number of imide groups is 1. The average molecular weight is 395 g/mol. The summed E-state index contributed by atoms with van der Waals surface area (Å²) in [5.74, 6) is -0.824. The van der Waals surface area contributed by atoms with Gasteiger partial charge in [0.05, 0.1) is 5.56 Å². The number of carbonyl (C=O) groups is 3. The molecule has 1 N–H and O–H groups in total. The van der Waals surface area contributed by atoms with Crippen LogP contribution in [0.1, 0.15) is 48.0 Å². The summed E-state index contributed by atoms with van der Waals surface area (Å²) < 4.78 is 10.7. The molecule has 0 bridgehead atoms. The lowest BCUT2D eigenvalue weighted by molar-refractivity contribution is -0.135. The fourth-order valence-corrected chi connectivity index (χ4v) is 3.28. The van der Waals surface area contributed by atoms with E-state index in [1.807, 2.05) is 30.3 Å². The summed E-state index contributed by atoms with van der Waals surface area (Å²) in [5.41, 5.74) is 1.24. The van der Waals surface area contributed by atoms with Gasteiger partial charge in [-0.1, -0.05) is 49.6 Å². The number of amides is 2. The number of esters is 1. The molecule has 29 heavy (non-hydrogen) atoms. The number of rotatable bonds is 7. The van der Waals surface area contributed by atoms with E-state index in [2.05, 4.69) is 5.32 Å². The van der Waals surface area contributed by atoms with Crippen LogP contribution in [0.2, 0.25) is 0 Å². The second kappa shape index (κ2) is 10.4. The molecule has 0 atom stereocenters. The lowest BCUT2D eigenvalue weighted by Gasteiger charge is -2.20. The van der Waals surface area contributed by atoms with Crippen molar-refractivity contribution in [1.29, 1.82) is 0 Å². The lowest BCUT2D eigenvalue weighted by atomic mass is 9.89. The number of hydrogen-bond acceptors (Lipinski definition) is 5. The van der Waals surface area contributed by atoms with E-state index in [9.17, 15) is 14.4 Å². The van der Waals surface area contributed by atoms with Gasteiger partial charge in [0, 0.05) is 5.92 Å². The van der Waals surface area contributed by atoms with Gasteiger partial charge in [0.2, 0.25) is 5.91 Å². The Hall–Kier alpha value is -3.15. The van der Waals surface area contributed by atoms with Crippen molar-refractivity contribution in [3.8, 4) is 5.75 Å². The molecule has 0 saturated heterocycles. The van der Waals surface area contributed by atoms with Crippen molar-refractivity contribution in [3.63, 3.8) is 0 Å². The van der Waals surface area contributed by atoms with Gasteiger partial charge in [0.25, 0.3) is 5.91 Å². The van der Waals surface area contributed by atoms with E-state index in [0.717, 1.165) is 43.4 Å². The molecule has 6 heteroatoms. The summed E-state index contributed by atoms with van der Waals surface area (Å²) in [7, 11) is 0. The zero-order valence-electron chi connectivity index (χ0n) is 16.3. The first-order valence-electron chi connectivity index (χ1n) is 9.89. The number of benzene rings is 2. The van der Waals surface area contributed by atoms with E-state index < -0.39 is 18.5 Å². The Morgan fingerprint density at radius 1 is 0.897 bits per heavy atom. The predicted octanol–water partition coefficient (Wildman–Crippen LogP) is 3.65. The Kier molecular flexibility index (Phi) is 7.39. The number of carbonyl (C=O) groups excluding carboxylic acids is 3. The molecule has 0 aromatic heterocycles. The van der Waals surface area contributed by atoms with Crippen LogP contribution < -0.4 is 10.1 Å². The standard InChI is InChI=1S/C23H25NO5/c25-21(24-22(26)18-7-3-1-4-8-18)16-29-23(27)19-13-11-17(12-14-19)15-28-20-9-5-2-6-10-20/h2,5-6,9-14,18H,1,3-4,7-8,15-16H2,(H,24,25,26). The summed E-state index contributed by atoms with van der Waals surface area (Å²) in [6.07, 6.45) is 4.76. The molecule has 6 nitrogen and oxygen atoms in total. The first-order valence-corrected chi connectivity index (χ1v) is 9.89. The van der Waals surface area contributed by atoms with E-state index in [-0.39, 0.29) is 11.8 Å². The van der Waals surface area contributed by atoms with Crippen molar-refractivity contribution in [1.82, 2.24) is 5.32 Å². The Morgan fingerprint density at radius 2 is 1.59 bits per heavy atom. The van der Waals surface area contributed by atoms with E-state index in [1.165, 1.54) is 0 Å². The van der Waals surface area contributed by atoms with Gasteiger partial charge in [-0.3, -0.25) is 14.9 Å². The highest BCUT2D eigenvalue weighted by atomic mass is 16.5. The van der Waals surface area contributed by atoms with E-state index in [1.54, 1.807) is 24.3 Å². The summed E-state index contributed by atoms with van der Waals surface area (Å²) in [4.78, 5) is 36.0. The second-order valence-corrected chi connectivity index (χ2v) is 7.12. The second-order valence-electron chi connectivity index (χ2n) is 7.12. The van der Waals surface area contributed by atoms with Crippen molar-refractivity contribution in [2.75, 3.05) is 6.61 Å². The van der Waals surface area contributed by atoms with E-state index in [4.69, 9.17) is 9.47 Å². The number of ether oxygens (including phenoxy) is 2.